The second kappa shape index (κ2) is 37.6. The van der Waals surface area contributed by atoms with Gasteiger partial charge in [-0.15, -0.1) is 0 Å². The maximum Gasteiger partial charge on any atom is 1.00 e. The fourth-order valence-electron chi connectivity index (χ4n) is 0. The molecule has 0 aliphatic rings. The van der Waals surface area contributed by atoms with Crippen LogP contribution in [0.2, 0.25) is 0 Å². The van der Waals surface area contributed by atoms with E-state index in [1.807, 2.05) is 20.4 Å². The van der Waals surface area contributed by atoms with Gasteiger partial charge >= 0.3 is 44.8 Å². The maximum absolute atomic E-state index is 4.61. The molecular weight excluding hydrogens is 585 g/mol. The summed E-state index contributed by atoms with van der Waals surface area (Å²) < 4.78 is 0. The molecule has 0 N–H and O–H groups in total. The second-order valence-electron chi connectivity index (χ2n) is 0. The van der Waals surface area contributed by atoms with Crippen LogP contribution in [0, 0.1) is 0 Å². The molecule has 6 heavy (non-hydrogen) atoms. The molecule has 0 fully saturated rings. The zero-order valence-electron chi connectivity index (χ0n) is 2.11. The van der Waals surface area contributed by atoms with Crippen molar-refractivity contribution in [2.75, 3.05) is 0 Å². The monoisotopic (exact) mass is 582 g/mol. The third-order valence-electron chi connectivity index (χ3n) is 0. The van der Waals surface area contributed by atoms with Crippen molar-refractivity contribution in [2.24, 2.45) is 0 Å². The topological polar surface area (TPSA) is 0 Å². The van der Waals surface area contributed by atoms with E-state index in [1.165, 1.54) is 0 Å². The molecule has 0 amide bonds. The van der Waals surface area contributed by atoms with E-state index in [-0.39, 0.29) is 44.8 Å². The quantitative estimate of drug-likeness (QED) is 0.303. The van der Waals surface area contributed by atoms with Gasteiger partial charge in [-0.1, -0.05) is 0 Å². The average Bonchev–Trinajstić information content (AvgIpc) is 1.50. The predicted octanol–water partition coefficient (Wildman–Crippen LogP) is 3.30. The first-order chi connectivity index (χ1) is 2.00. The first kappa shape index (κ1) is 22.6. The fourth-order valence-corrected chi connectivity index (χ4v) is 0. The van der Waals surface area contributed by atoms with Crippen LogP contribution in [-0.2, 0) is 44.8 Å². The molecule has 0 atom stereocenters. The zero-order chi connectivity index (χ0) is 4.00. The van der Waals surface area contributed by atoms with E-state index in [0.29, 0.717) is 0 Å². The Bertz CT molecular complexity index is 11.5. The van der Waals surface area contributed by atoms with E-state index in [2.05, 4.69) is 21.6 Å². The van der Waals surface area contributed by atoms with E-state index < -0.39 is 0 Å². The number of hydrogen-bond donors (Lipinski definition) is 0. The van der Waals surface area contributed by atoms with Gasteiger partial charge < -0.3 is 0 Å². The Morgan fingerprint density at radius 2 is 1.00 bits per heavy atom. The van der Waals surface area contributed by atoms with Crippen molar-refractivity contribution in [1.82, 2.24) is 0 Å². The Hall–Kier alpha value is 3.71. The molecule has 0 bridgehead atoms. The molecule has 0 radical (unpaired) electrons. The Morgan fingerprint density at radius 3 is 1.00 bits per heavy atom. The van der Waals surface area contributed by atoms with Gasteiger partial charge in [-0.05, 0) is 21.6 Å². The van der Waals surface area contributed by atoms with Crippen molar-refractivity contribution < 1.29 is 44.8 Å². The van der Waals surface area contributed by atoms with E-state index in [0.717, 1.165) is 0 Å². The fraction of sp³-hybridized carbons (Fsp3) is 0. The Kier molecular flexibility index (Phi) is 142. The summed E-state index contributed by atoms with van der Waals surface area (Å²) in [6, 6.07) is 0. The van der Waals surface area contributed by atoms with Crippen LogP contribution in [-0.4, -0.2) is 0 Å². The van der Waals surface area contributed by atoms with Gasteiger partial charge in [0.05, 0.1) is 0 Å². The van der Waals surface area contributed by atoms with Gasteiger partial charge in [0.15, 0.2) is 0 Å². The molecule has 0 saturated carbocycles. The van der Waals surface area contributed by atoms with Crippen LogP contribution < -0.4 is 0 Å². The number of halogens is 4. The SMILES string of the molecule is BrI.ClI.[Ag+].[Ag+]. The van der Waals surface area contributed by atoms with Crippen molar-refractivity contribution in [2.45, 2.75) is 0 Å². The Balaban J connectivity index is -0.00000000500. The summed E-state index contributed by atoms with van der Waals surface area (Å²) in [6.45, 7) is 0. The summed E-state index contributed by atoms with van der Waals surface area (Å²) in [6.07, 6.45) is 0. The molecule has 0 heterocycles. The summed E-state index contributed by atoms with van der Waals surface area (Å²) in [7, 11) is 4.61. The number of rotatable bonds is 0. The standard InChI is InChI=1S/2Ag.BrI.ClI/c;;2*1-2/q2*+1;;. The second-order valence-corrected chi connectivity index (χ2v) is 0. The average molecular weight is 585 g/mol. The van der Waals surface area contributed by atoms with Crippen LogP contribution in [0.4, 0.5) is 0 Å². The molecule has 48 valence electrons. The predicted molar refractivity (Wildman–Crippen MR) is 42.8 cm³/mol. The van der Waals surface area contributed by atoms with Crippen LogP contribution >= 0.6 is 63.4 Å². The normalized spacial score (nSPS) is 2.00. The van der Waals surface area contributed by atoms with E-state index in [4.69, 9.17) is 0 Å². The first-order valence-corrected chi connectivity index (χ1v) is 7.85. The van der Waals surface area contributed by atoms with E-state index >= 15 is 0 Å². The molecule has 0 rings (SSSR count). The molecule has 0 aromatic carbocycles. The van der Waals surface area contributed by atoms with Crippen molar-refractivity contribution in [1.29, 1.82) is 0 Å². The number of hydrogen-bond acceptors (Lipinski definition) is 0. The minimum absolute atomic E-state index is 0. The van der Waals surface area contributed by atoms with Gasteiger partial charge in [-0.25, -0.2) is 0 Å². The largest absolute Gasteiger partial charge is 1.00 e. The summed E-state index contributed by atoms with van der Waals surface area (Å²) in [5.41, 5.74) is 0. The molecule has 0 spiro atoms. The van der Waals surface area contributed by atoms with Crippen molar-refractivity contribution >= 4 is 63.4 Å². The van der Waals surface area contributed by atoms with Crippen molar-refractivity contribution in [3.8, 4) is 0 Å². The van der Waals surface area contributed by atoms with Crippen LogP contribution in [0.15, 0.2) is 0 Å². The summed E-state index contributed by atoms with van der Waals surface area (Å²) >= 11 is 6.49. The van der Waals surface area contributed by atoms with Gasteiger partial charge in [0.2, 0.25) is 0 Å². The van der Waals surface area contributed by atoms with E-state index in [1.54, 1.807) is 21.5 Å². The molecule has 0 aromatic heterocycles. The molecular formula is Ag2BrClI2+2. The van der Waals surface area contributed by atoms with Gasteiger partial charge in [-0.2, -0.15) is 0 Å². The zero-order valence-corrected chi connectivity index (χ0v) is 11.7. The minimum atomic E-state index is 0. The molecule has 0 unspecified atom stereocenters. The molecule has 0 aromatic rings. The third kappa shape index (κ3) is 25.2. The van der Waals surface area contributed by atoms with Crippen molar-refractivity contribution in [3.63, 3.8) is 0 Å². The Morgan fingerprint density at radius 1 is 1.00 bits per heavy atom. The summed E-state index contributed by atoms with van der Waals surface area (Å²) in [5.74, 6) is 0. The van der Waals surface area contributed by atoms with Gasteiger partial charge in [0, 0.05) is 41.8 Å². The molecule has 0 nitrogen and oxygen atoms in total. The van der Waals surface area contributed by atoms with Crippen molar-refractivity contribution in [3.05, 3.63) is 0 Å². The summed E-state index contributed by atoms with van der Waals surface area (Å²) in [4.78, 5) is 0. The van der Waals surface area contributed by atoms with E-state index in [9.17, 15) is 0 Å². The Labute approximate surface area is 106 Å². The molecule has 0 saturated heterocycles. The first-order valence-electron chi connectivity index (χ1n) is 0.286. The van der Waals surface area contributed by atoms with Gasteiger partial charge in [-0.3, -0.25) is 0 Å². The van der Waals surface area contributed by atoms with Gasteiger partial charge in [0.1, 0.15) is 0 Å². The van der Waals surface area contributed by atoms with Crippen LogP contribution in [0.5, 0.6) is 0 Å². The minimum Gasteiger partial charge on any atom is -0.0425 e. The van der Waals surface area contributed by atoms with Crippen LogP contribution in [0.25, 0.3) is 0 Å². The van der Waals surface area contributed by atoms with Gasteiger partial charge in [0.25, 0.3) is 0 Å². The molecule has 0 aliphatic heterocycles. The summed E-state index contributed by atoms with van der Waals surface area (Å²) in [5, 5.41) is 0. The molecule has 6 heteroatoms. The third-order valence-corrected chi connectivity index (χ3v) is 0. The maximum atomic E-state index is 4.61. The van der Waals surface area contributed by atoms with Crippen LogP contribution in [0.3, 0.4) is 0 Å². The van der Waals surface area contributed by atoms with Crippen LogP contribution in [0.1, 0.15) is 0 Å². The smallest absolute Gasteiger partial charge is 0.0425 e. The molecule has 0 aliphatic carbocycles.